The van der Waals surface area contributed by atoms with Gasteiger partial charge in [0.05, 0.1) is 16.8 Å². The Labute approximate surface area is 141 Å². The number of halogens is 4. The monoisotopic (exact) mass is 368 g/mol. The highest BCUT2D eigenvalue weighted by molar-refractivity contribution is 5.85. The van der Waals surface area contributed by atoms with Crippen molar-refractivity contribution in [2.24, 2.45) is 11.8 Å². The number of nitro benzene ring substituents is 1. The lowest BCUT2D eigenvalue weighted by atomic mass is 9.96. The fourth-order valence-corrected chi connectivity index (χ4v) is 2.84. The zero-order chi connectivity index (χ0) is 17.4. The van der Waals surface area contributed by atoms with Crippen LogP contribution in [0.5, 0.6) is 0 Å². The largest absolute Gasteiger partial charge is 0.481 e. The van der Waals surface area contributed by atoms with Crippen LogP contribution in [0.3, 0.4) is 0 Å². The smallest absolute Gasteiger partial charge is 0.393 e. The molecule has 0 radical (unpaired) electrons. The summed E-state index contributed by atoms with van der Waals surface area (Å²) in [6.07, 6.45) is -4.60. The van der Waals surface area contributed by atoms with Crippen LogP contribution in [0, 0.1) is 22.0 Å². The Bertz CT molecular complexity index is 626. The first-order chi connectivity index (χ1) is 10.6. The predicted molar refractivity (Wildman–Crippen MR) is 81.0 cm³/mol. The number of nitro groups is 1. The highest BCUT2D eigenvalue weighted by atomic mass is 35.5. The number of aliphatic carboxylic acids is 1. The van der Waals surface area contributed by atoms with Crippen molar-refractivity contribution in [3.05, 3.63) is 39.9 Å². The molecule has 1 aliphatic heterocycles. The second kappa shape index (κ2) is 7.35. The molecule has 0 saturated carbocycles. The van der Waals surface area contributed by atoms with E-state index in [1.165, 1.54) is 23.1 Å². The molecule has 3 atom stereocenters. The maximum atomic E-state index is 13.0. The molecule has 1 saturated heterocycles. The minimum absolute atomic E-state index is 0. The minimum atomic E-state index is -4.60. The number of non-ortho nitro benzene ring substituents is 1. The Morgan fingerprint density at radius 2 is 2.04 bits per heavy atom. The highest BCUT2D eigenvalue weighted by Gasteiger charge is 2.53. The average molecular weight is 369 g/mol. The summed E-state index contributed by atoms with van der Waals surface area (Å²) in [7, 11) is 0. The van der Waals surface area contributed by atoms with Crippen molar-refractivity contribution < 1.29 is 28.0 Å². The summed E-state index contributed by atoms with van der Waals surface area (Å²) >= 11 is 0. The second-order valence-corrected chi connectivity index (χ2v) is 5.57. The number of hydrogen-bond acceptors (Lipinski definition) is 4. The lowest BCUT2D eigenvalue weighted by Gasteiger charge is -2.24. The van der Waals surface area contributed by atoms with E-state index >= 15 is 0 Å². The summed E-state index contributed by atoms with van der Waals surface area (Å²) in [5.41, 5.74) is 0.321. The van der Waals surface area contributed by atoms with E-state index in [1.807, 2.05) is 0 Å². The van der Waals surface area contributed by atoms with Gasteiger partial charge in [-0.1, -0.05) is 12.1 Å². The molecule has 1 aromatic carbocycles. The van der Waals surface area contributed by atoms with Crippen molar-refractivity contribution in [3.8, 4) is 0 Å². The quantitative estimate of drug-likeness (QED) is 0.651. The van der Waals surface area contributed by atoms with Gasteiger partial charge in [0.2, 0.25) is 0 Å². The Morgan fingerprint density at radius 1 is 1.42 bits per heavy atom. The van der Waals surface area contributed by atoms with Crippen LogP contribution >= 0.6 is 12.4 Å². The van der Waals surface area contributed by atoms with E-state index < -0.39 is 41.5 Å². The van der Waals surface area contributed by atoms with Crippen LogP contribution in [-0.2, 0) is 4.79 Å². The van der Waals surface area contributed by atoms with E-state index in [1.54, 1.807) is 13.0 Å². The van der Waals surface area contributed by atoms with Gasteiger partial charge >= 0.3 is 12.1 Å². The standard InChI is InChI=1S/C14H15F3N2O4.ClH/c1-8(9-3-2-4-10(5-9)19(22)23)18-6-11(13(20)21)12(7-18)14(15,16)17;/h2-5,8,11-12H,6-7H2,1H3,(H,20,21);1H/t8?,11-,12-;/m1./s1. The predicted octanol–water partition coefficient (Wildman–Crippen LogP) is 3.27. The lowest BCUT2D eigenvalue weighted by Crippen LogP contribution is -2.33. The number of carboxylic acids is 1. The summed E-state index contributed by atoms with van der Waals surface area (Å²) in [5.74, 6) is -4.96. The van der Waals surface area contributed by atoms with Gasteiger partial charge in [0.15, 0.2) is 0 Å². The number of nitrogens with zero attached hydrogens (tertiary/aromatic N) is 2. The molecule has 10 heteroatoms. The number of likely N-dealkylation sites (tertiary alicyclic amines) is 1. The Hall–Kier alpha value is -1.87. The number of carboxylic acid groups (broad SMARTS) is 1. The van der Waals surface area contributed by atoms with Crippen LogP contribution in [-0.4, -0.2) is 40.2 Å². The first-order valence-corrected chi connectivity index (χ1v) is 6.89. The third-order valence-corrected chi connectivity index (χ3v) is 4.20. The fraction of sp³-hybridized carbons (Fsp3) is 0.500. The molecule has 2 rings (SSSR count). The second-order valence-electron chi connectivity index (χ2n) is 5.57. The zero-order valence-corrected chi connectivity index (χ0v) is 13.4. The molecule has 24 heavy (non-hydrogen) atoms. The molecule has 134 valence electrons. The number of benzene rings is 1. The number of hydrogen-bond donors (Lipinski definition) is 1. The molecule has 0 spiro atoms. The molecule has 1 unspecified atom stereocenters. The summed E-state index contributed by atoms with van der Waals surface area (Å²) in [6, 6.07) is 5.06. The third-order valence-electron chi connectivity index (χ3n) is 4.20. The van der Waals surface area contributed by atoms with Gasteiger partial charge in [-0.05, 0) is 12.5 Å². The summed E-state index contributed by atoms with van der Waals surface area (Å²) in [6.45, 7) is 0.921. The van der Waals surface area contributed by atoms with Crippen molar-refractivity contribution in [1.29, 1.82) is 0 Å². The maximum absolute atomic E-state index is 13.0. The lowest BCUT2D eigenvalue weighted by molar-refractivity contribution is -0.385. The van der Waals surface area contributed by atoms with Crippen molar-refractivity contribution in [3.63, 3.8) is 0 Å². The van der Waals surface area contributed by atoms with Crippen molar-refractivity contribution in [1.82, 2.24) is 4.90 Å². The molecule has 1 heterocycles. The first kappa shape index (κ1) is 20.2. The molecule has 0 amide bonds. The summed E-state index contributed by atoms with van der Waals surface area (Å²) in [5, 5.41) is 19.8. The van der Waals surface area contributed by atoms with Gasteiger partial charge < -0.3 is 5.11 Å². The van der Waals surface area contributed by atoms with Gasteiger partial charge in [-0.15, -0.1) is 12.4 Å². The van der Waals surface area contributed by atoms with Gasteiger partial charge in [0.1, 0.15) is 0 Å². The highest BCUT2D eigenvalue weighted by Crippen LogP contribution is 2.40. The van der Waals surface area contributed by atoms with Crippen LogP contribution in [0.25, 0.3) is 0 Å². The first-order valence-electron chi connectivity index (χ1n) is 6.89. The average Bonchev–Trinajstić information content (AvgIpc) is 2.92. The normalized spacial score (nSPS) is 22.7. The number of carbonyl (C=O) groups is 1. The van der Waals surface area contributed by atoms with Gasteiger partial charge in [0, 0.05) is 31.3 Å². The molecule has 0 bridgehead atoms. The maximum Gasteiger partial charge on any atom is 0.393 e. The third kappa shape index (κ3) is 4.15. The fourth-order valence-electron chi connectivity index (χ4n) is 2.84. The van der Waals surface area contributed by atoms with E-state index in [2.05, 4.69) is 0 Å². The van der Waals surface area contributed by atoms with Gasteiger partial charge in [-0.2, -0.15) is 13.2 Å². The topological polar surface area (TPSA) is 83.7 Å². The van der Waals surface area contributed by atoms with E-state index in [0.29, 0.717) is 5.56 Å². The van der Waals surface area contributed by atoms with Crippen molar-refractivity contribution in [2.75, 3.05) is 13.1 Å². The minimum Gasteiger partial charge on any atom is -0.481 e. The van der Waals surface area contributed by atoms with Crippen LogP contribution in [0.1, 0.15) is 18.5 Å². The van der Waals surface area contributed by atoms with E-state index in [-0.39, 0.29) is 24.6 Å². The van der Waals surface area contributed by atoms with Crippen molar-refractivity contribution in [2.45, 2.75) is 19.1 Å². The SMILES string of the molecule is CC(c1cccc([N+](=O)[O-])c1)N1C[C@@H](C(F)(F)F)[C@H](C(=O)O)C1.Cl. The van der Waals surface area contributed by atoms with E-state index in [9.17, 15) is 28.1 Å². The van der Waals surface area contributed by atoms with Gasteiger partial charge in [-0.25, -0.2) is 0 Å². The van der Waals surface area contributed by atoms with Crippen LogP contribution in [0.15, 0.2) is 24.3 Å². The van der Waals surface area contributed by atoms with Crippen LogP contribution in [0.4, 0.5) is 18.9 Å². The molecule has 6 nitrogen and oxygen atoms in total. The van der Waals surface area contributed by atoms with Crippen molar-refractivity contribution >= 4 is 24.1 Å². The Morgan fingerprint density at radius 3 is 2.50 bits per heavy atom. The molecule has 0 aromatic heterocycles. The molecule has 1 N–H and O–H groups in total. The molecule has 0 aliphatic carbocycles. The molecule has 1 aliphatic rings. The molecular formula is C14H16ClF3N2O4. The Balaban J connectivity index is 0.00000288. The Kier molecular flexibility index (Phi) is 6.18. The van der Waals surface area contributed by atoms with E-state index in [4.69, 9.17) is 5.11 Å². The molecule has 1 aromatic rings. The summed E-state index contributed by atoms with van der Waals surface area (Å²) < 4.78 is 39.0. The van der Waals surface area contributed by atoms with Gasteiger partial charge in [-0.3, -0.25) is 19.8 Å². The van der Waals surface area contributed by atoms with Crippen LogP contribution < -0.4 is 0 Å². The summed E-state index contributed by atoms with van der Waals surface area (Å²) in [4.78, 5) is 22.7. The molecular weight excluding hydrogens is 353 g/mol. The van der Waals surface area contributed by atoms with E-state index in [0.717, 1.165) is 0 Å². The van der Waals surface area contributed by atoms with Gasteiger partial charge in [0.25, 0.3) is 5.69 Å². The zero-order valence-electron chi connectivity index (χ0n) is 12.6. The number of alkyl halides is 3. The van der Waals surface area contributed by atoms with Crippen LogP contribution in [0.2, 0.25) is 0 Å². The molecule has 1 fully saturated rings. The number of rotatable bonds is 4.